The monoisotopic (exact) mass is 590 g/mol. The smallest absolute Gasteiger partial charge is 0.246 e. The molecule has 0 radical (unpaired) electrons. The van der Waals surface area contributed by atoms with E-state index in [1.807, 2.05) is 58.0 Å². The molecule has 1 aliphatic heterocycles. The Morgan fingerprint density at radius 2 is 1.68 bits per heavy atom. The van der Waals surface area contributed by atoms with Crippen LogP contribution in [0.1, 0.15) is 73.3 Å². The number of nitrogens with zero attached hydrogens (tertiary/aromatic N) is 2. The van der Waals surface area contributed by atoms with Gasteiger partial charge in [0.25, 0.3) is 0 Å². The van der Waals surface area contributed by atoms with Crippen LogP contribution in [0.4, 0.5) is 0 Å². The molecule has 1 heterocycles. The Morgan fingerprint density at radius 1 is 1.05 bits per heavy atom. The number of piperidine rings is 1. The van der Waals surface area contributed by atoms with Crippen molar-refractivity contribution in [3.05, 3.63) is 46.0 Å². The minimum Gasteiger partial charge on any atom is -0.348 e. The largest absolute Gasteiger partial charge is 0.348 e. The van der Waals surface area contributed by atoms with E-state index in [2.05, 4.69) is 45.3 Å². The van der Waals surface area contributed by atoms with E-state index in [-0.39, 0.29) is 47.7 Å². The molecule has 8 heteroatoms. The average molecular weight is 592 g/mol. The molecule has 1 aromatic rings. The fraction of sp³-hybridized carbons (Fsp3) is 0.633. The third kappa shape index (κ3) is 8.94. The van der Waals surface area contributed by atoms with Crippen LogP contribution in [0, 0.1) is 11.8 Å². The Hall–Kier alpha value is -2.19. The molecule has 7 nitrogen and oxygen atoms in total. The van der Waals surface area contributed by atoms with Crippen LogP contribution in [0.15, 0.2) is 40.4 Å². The molecule has 1 aliphatic rings. The lowest BCUT2D eigenvalue weighted by Crippen LogP contribution is -2.58. The number of likely N-dealkylation sites (tertiary alicyclic amines) is 1. The molecular formula is C30H47BrN4O3. The first-order valence-corrected chi connectivity index (χ1v) is 14.7. The second-order valence-corrected chi connectivity index (χ2v) is 12.3. The first kappa shape index (κ1) is 32.0. The first-order valence-electron chi connectivity index (χ1n) is 13.9. The summed E-state index contributed by atoms with van der Waals surface area (Å²) in [5.74, 6) is -0.370. The highest BCUT2D eigenvalue weighted by molar-refractivity contribution is 9.10. The van der Waals surface area contributed by atoms with Gasteiger partial charge < -0.3 is 15.5 Å². The Bertz CT molecular complexity index is 974. The first-order chi connectivity index (χ1) is 17.8. The minimum atomic E-state index is -0.635. The molecule has 212 valence electrons. The fourth-order valence-corrected chi connectivity index (χ4v) is 5.25. The Kier molecular flexibility index (Phi) is 12.5. The highest BCUT2D eigenvalue weighted by Gasteiger charge is 2.36. The molecule has 0 aromatic heterocycles. The number of likely N-dealkylation sites (N-methyl/N-ethyl adjacent to an activating group) is 1. The van der Waals surface area contributed by atoms with E-state index in [1.165, 1.54) is 0 Å². The van der Waals surface area contributed by atoms with Crippen molar-refractivity contribution < 1.29 is 14.4 Å². The highest BCUT2D eigenvalue weighted by Crippen LogP contribution is 2.21. The number of benzene rings is 1. The van der Waals surface area contributed by atoms with Crippen molar-refractivity contribution in [1.29, 1.82) is 0 Å². The quantitative estimate of drug-likeness (QED) is 0.359. The number of amides is 3. The van der Waals surface area contributed by atoms with Gasteiger partial charge in [0.15, 0.2) is 0 Å². The standard InChI is InChI=1S/C30H47BrN4O3/c1-19(2)26(17-22(7)28(36)32-18-23-12-14-24(31)15-13-23)34(8)30(38)27(20(3)4)33-29(37)25-11-9-10-16-35(25)21(5)6/h12-15,17,19-21,25-27H,9-11,16,18H2,1-8H3,(H,32,36)(H,33,37)/t25?,26-,27+/m1/s1. The van der Waals surface area contributed by atoms with Crippen LogP contribution >= 0.6 is 15.9 Å². The predicted octanol–water partition coefficient (Wildman–Crippen LogP) is 4.90. The van der Waals surface area contributed by atoms with Crippen LogP contribution in [0.25, 0.3) is 0 Å². The van der Waals surface area contributed by atoms with Crippen molar-refractivity contribution in [1.82, 2.24) is 20.4 Å². The van der Waals surface area contributed by atoms with Crippen LogP contribution < -0.4 is 10.6 Å². The van der Waals surface area contributed by atoms with Gasteiger partial charge in [0.2, 0.25) is 17.7 Å². The zero-order valence-electron chi connectivity index (χ0n) is 24.4. The zero-order chi connectivity index (χ0) is 28.6. The summed E-state index contributed by atoms with van der Waals surface area (Å²) in [6.07, 6.45) is 4.78. The number of rotatable bonds is 11. The lowest BCUT2D eigenvalue weighted by Gasteiger charge is -2.39. The van der Waals surface area contributed by atoms with Gasteiger partial charge in [-0.2, -0.15) is 0 Å². The molecule has 1 fully saturated rings. The van der Waals surface area contributed by atoms with Crippen molar-refractivity contribution in [2.24, 2.45) is 11.8 Å². The second-order valence-electron chi connectivity index (χ2n) is 11.4. The van der Waals surface area contributed by atoms with Crippen LogP contribution in [-0.2, 0) is 20.9 Å². The molecule has 1 saturated heterocycles. The SMILES string of the molecule is CC(=C[C@H](C(C)C)N(C)C(=O)[C@@H](NC(=O)C1CCCCN1C(C)C)C(C)C)C(=O)NCc1ccc(Br)cc1. The number of hydrogen-bond acceptors (Lipinski definition) is 4. The summed E-state index contributed by atoms with van der Waals surface area (Å²) < 4.78 is 0.989. The van der Waals surface area contributed by atoms with Gasteiger partial charge in [-0.1, -0.05) is 68.3 Å². The van der Waals surface area contributed by atoms with Gasteiger partial charge in [-0.3, -0.25) is 19.3 Å². The lowest BCUT2D eigenvalue weighted by molar-refractivity contribution is -0.140. The molecule has 1 unspecified atom stereocenters. The van der Waals surface area contributed by atoms with Crippen LogP contribution in [0.2, 0.25) is 0 Å². The van der Waals surface area contributed by atoms with E-state index in [9.17, 15) is 14.4 Å². The summed E-state index contributed by atoms with van der Waals surface area (Å²) in [4.78, 5) is 43.8. The maximum absolute atomic E-state index is 13.7. The average Bonchev–Trinajstić information content (AvgIpc) is 2.88. The molecule has 0 spiro atoms. The maximum atomic E-state index is 13.7. The molecule has 2 N–H and O–H groups in total. The Labute approximate surface area is 237 Å². The van der Waals surface area contributed by atoms with Gasteiger partial charge in [0, 0.05) is 29.7 Å². The van der Waals surface area contributed by atoms with Crippen LogP contribution in [0.3, 0.4) is 0 Å². The second kappa shape index (κ2) is 14.8. The van der Waals surface area contributed by atoms with Crippen LogP contribution in [0.5, 0.6) is 0 Å². The number of halogens is 1. The Balaban J connectivity index is 2.13. The normalized spacial score (nSPS) is 18.4. The van der Waals surface area contributed by atoms with Crippen molar-refractivity contribution in [2.75, 3.05) is 13.6 Å². The molecule has 0 bridgehead atoms. The number of carbonyl (C=O) groups is 3. The molecule has 0 saturated carbocycles. The summed E-state index contributed by atoms with van der Waals surface area (Å²) >= 11 is 3.42. The molecular weight excluding hydrogens is 544 g/mol. The summed E-state index contributed by atoms with van der Waals surface area (Å²) in [5.41, 5.74) is 1.56. The lowest BCUT2D eigenvalue weighted by atomic mass is 9.95. The van der Waals surface area contributed by atoms with E-state index in [1.54, 1.807) is 18.9 Å². The van der Waals surface area contributed by atoms with Gasteiger partial charge in [-0.05, 0) is 69.7 Å². The Morgan fingerprint density at radius 3 is 2.24 bits per heavy atom. The topological polar surface area (TPSA) is 81.8 Å². The minimum absolute atomic E-state index is 0.0704. The van der Waals surface area contributed by atoms with Crippen molar-refractivity contribution in [3.63, 3.8) is 0 Å². The van der Waals surface area contributed by atoms with Crippen molar-refractivity contribution in [2.45, 2.75) is 98.4 Å². The van der Waals surface area contributed by atoms with E-state index >= 15 is 0 Å². The van der Waals surface area contributed by atoms with E-state index < -0.39 is 6.04 Å². The summed E-state index contributed by atoms with van der Waals surface area (Å²) in [5, 5.41) is 6.05. The number of nitrogens with one attached hydrogen (secondary N) is 2. The molecule has 38 heavy (non-hydrogen) atoms. The van der Waals surface area contributed by atoms with Crippen molar-refractivity contribution in [3.8, 4) is 0 Å². The van der Waals surface area contributed by atoms with Gasteiger partial charge in [0.1, 0.15) is 6.04 Å². The van der Waals surface area contributed by atoms with Gasteiger partial charge in [-0.25, -0.2) is 0 Å². The van der Waals surface area contributed by atoms with Crippen molar-refractivity contribution >= 4 is 33.7 Å². The van der Waals surface area contributed by atoms with E-state index in [4.69, 9.17) is 0 Å². The number of hydrogen-bond donors (Lipinski definition) is 2. The molecule has 2 rings (SSSR count). The van der Waals surface area contributed by atoms with Gasteiger partial charge in [-0.15, -0.1) is 0 Å². The molecule has 3 amide bonds. The third-order valence-corrected chi connectivity index (χ3v) is 7.89. The third-order valence-electron chi connectivity index (χ3n) is 7.36. The van der Waals surface area contributed by atoms with E-state index in [0.29, 0.717) is 12.1 Å². The molecule has 0 aliphatic carbocycles. The fourth-order valence-electron chi connectivity index (χ4n) is 4.99. The zero-order valence-corrected chi connectivity index (χ0v) is 26.0. The summed E-state index contributed by atoms with van der Waals surface area (Å²) in [7, 11) is 1.76. The number of carbonyl (C=O) groups excluding carboxylic acids is 3. The summed E-state index contributed by atoms with van der Waals surface area (Å²) in [6, 6.07) is 6.94. The maximum Gasteiger partial charge on any atom is 0.246 e. The molecule has 1 aromatic carbocycles. The van der Waals surface area contributed by atoms with E-state index in [0.717, 1.165) is 35.8 Å². The van der Waals surface area contributed by atoms with Gasteiger partial charge in [0.05, 0.1) is 12.1 Å². The summed E-state index contributed by atoms with van der Waals surface area (Å²) in [6.45, 7) is 15.3. The highest BCUT2D eigenvalue weighted by atomic mass is 79.9. The van der Waals surface area contributed by atoms with Gasteiger partial charge >= 0.3 is 0 Å². The van der Waals surface area contributed by atoms with Crippen LogP contribution in [-0.4, -0.2) is 65.3 Å². The predicted molar refractivity (Wildman–Crippen MR) is 157 cm³/mol. The molecule has 3 atom stereocenters.